The molecule has 2 rings (SSSR count). The minimum absolute atomic E-state index is 0.827. The highest BCUT2D eigenvalue weighted by molar-refractivity contribution is 5.65. The van der Waals surface area contributed by atoms with Crippen LogP contribution in [0, 0.1) is 0 Å². The highest BCUT2D eigenvalue weighted by Crippen LogP contribution is 2.15. The maximum Gasteiger partial charge on any atom is 0.180 e. The first-order chi connectivity index (χ1) is 9.24. The van der Waals surface area contributed by atoms with Gasteiger partial charge in [0, 0.05) is 32.0 Å². The van der Waals surface area contributed by atoms with Crippen LogP contribution in [-0.4, -0.2) is 52.5 Å². The minimum atomic E-state index is 0.827. The van der Waals surface area contributed by atoms with E-state index in [0.29, 0.717) is 0 Å². The zero-order valence-electron chi connectivity index (χ0n) is 11.8. The molecule has 0 aliphatic carbocycles. The SMILES string of the molecule is CCNc1cn2ccnc2c(NCCN(C)CC)n1. The summed E-state index contributed by atoms with van der Waals surface area (Å²) in [4.78, 5) is 11.1. The van der Waals surface area contributed by atoms with E-state index in [1.807, 2.05) is 16.8 Å². The lowest BCUT2D eigenvalue weighted by molar-refractivity contribution is 0.367. The van der Waals surface area contributed by atoms with Crippen molar-refractivity contribution in [3.05, 3.63) is 18.6 Å². The first kappa shape index (κ1) is 13.6. The summed E-state index contributed by atoms with van der Waals surface area (Å²) in [6.45, 7) is 7.95. The van der Waals surface area contributed by atoms with E-state index in [1.165, 1.54) is 0 Å². The molecule has 19 heavy (non-hydrogen) atoms. The van der Waals surface area contributed by atoms with Crippen LogP contribution in [0.25, 0.3) is 5.65 Å². The fraction of sp³-hybridized carbons (Fsp3) is 0.538. The van der Waals surface area contributed by atoms with Gasteiger partial charge < -0.3 is 19.9 Å². The Morgan fingerprint density at radius 3 is 2.89 bits per heavy atom. The Kier molecular flexibility index (Phi) is 4.57. The van der Waals surface area contributed by atoms with E-state index in [1.54, 1.807) is 6.20 Å². The summed E-state index contributed by atoms with van der Waals surface area (Å²) in [5.41, 5.74) is 0.862. The molecule has 0 amide bonds. The molecule has 0 aliphatic rings. The van der Waals surface area contributed by atoms with E-state index in [9.17, 15) is 0 Å². The van der Waals surface area contributed by atoms with Gasteiger partial charge >= 0.3 is 0 Å². The molecule has 104 valence electrons. The van der Waals surface area contributed by atoms with Crippen LogP contribution < -0.4 is 10.6 Å². The summed E-state index contributed by atoms with van der Waals surface area (Å²) in [6, 6.07) is 0. The predicted octanol–water partition coefficient (Wildman–Crippen LogP) is 1.52. The molecule has 0 aromatic carbocycles. The van der Waals surface area contributed by atoms with Gasteiger partial charge in [-0.2, -0.15) is 0 Å². The lowest BCUT2D eigenvalue weighted by Crippen LogP contribution is -2.25. The van der Waals surface area contributed by atoms with Crippen LogP contribution in [0.4, 0.5) is 11.6 Å². The van der Waals surface area contributed by atoms with Crippen LogP contribution >= 0.6 is 0 Å². The molecule has 6 heteroatoms. The molecule has 0 radical (unpaired) electrons. The number of nitrogens with zero attached hydrogens (tertiary/aromatic N) is 4. The number of anilines is 2. The second kappa shape index (κ2) is 6.38. The molecule has 0 unspecified atom stereocenters. The van der Waals surface area contributed by atoms with Crippen LogP contribution in [0.5, 0.6) is 0 Å². The zero-order valence-corrected chi connectivity index (χ0v) is 11.8. The Hall–Kier alpha value is -1.82. The maximum atomic E-state index is 4.56. The van der Waals surface area contributed by atoms with Crippen molar-refractivity contribution in [3.63, 3.8) is 0 Å². The summed E-state index contributed by atoms with van der Waals surface area (Å²) in [7, 11) is 2.11. The van der Waals surface area contributed by atoms with Crippen molar-refractivity contribution in [3.8, 4) is 0 Å². The van der Waals surface area contributed by atoms with Crippen LogP contribution in [-0.2, 0) is 0 Å². The fourth-order valence-corrected chi connectivity index (χ4v) is 1.84. The van der Waals surface area contributed by atoms with E-state index in [0.717, 1.165) is 43.5 Å². The molecule has 0 saturated carbocycles. The van der Waals surface area contributed by atoms with E-state index in [4.69, 9.17) is 0 Å². The number of nitrogens with one attached hydrogen (secondary N) is 2. The van der Waals surface area contributed by atoms with Gasteiger partial charge in [0.2, 0.25) is 0 Å². The van der Waals surface area contributed by atoms with Crippen LogP contribution in [0.3, 0.4) is 0 Å². The first-order valence-electron chi connectivity index (χ1n) is 6.74. The lowest BCUT2D eigenvalue weighted by atomic mass is 10.5. The third-order valence-corrected chi connectivity index (χ3v) is 3.06. The molecular weight excluding hydrogens is 240 g/mol. The third-order valence-electron chi connectivity index (χ3n) is 3.06. The smallest absolute Gasteiger partial charge is 0.180 e. The van der Waals surface area contributed by atoms with Gasteiger partial charge in [-0.25, -0.2) is 9.97 Å². The number of rotatable bonds is 7. The average Bonchev–Trinajstić information content (AvgIpc) is 2.87. The number of hydrogen-bond acceptors (Lipinski definition) is 5. The monoisotopic (exact) mass is 262 g/mol. The summed E-state index contributed by atoms with van der Waals surface area (Å²) in [6.07, 6.45) is 5.67. The van der Waals surface area contributed by atoms with Crippen molar-refractivity contribution in [2.75, 3.05) is 43.9 Å². The molecule has 2 aromatic rings. The van der Waals surface area contributed by atoms with Gasteiger partial charge in [-0.05, 0) is 20.5 Å². The molecule has 0 saturated heterocycles. The molecule has 0 atom stereocenters. The molecule has 0 aliphatic heterocycles. The fourth-order valence-electron chi connectivity index (χ4n) is 1.84. The maximum absolute atomic E-state index is 4.56. The predicted molar refractivity (Wildman–Crippen MR) is 78.8 cm³/mol. The molecule has 2 heterocycles. The van der Waals surface area contributed by atoms with Gasteiger partial charge in [-0.1, -0.05) is 6.92 Å². The molecule has 6 nitrogen and oxygen atoms in total. The quantitative estimate of drug-likeness (QED) is 0.792. The Morgan fingerprint density at radius 1 is 1.32 bits per heavy atom. The summed E-state index contributed by atoms with van der Waals surface area (Å²) < 4.78 is 1.98. The van der Waals surface area contributed by atoms with Crippen molar-refractivity contribution in [2.24, 2.45) is 0 Å². The van der Waals surface area contributed by atoms with E-state index < -0.39 is 0 Å². The van der Waals surface area contributed by atoms with Crippen molar-refractivity contribution < 1.29 is 0 Å². The standard InChI is InChI=1S/C13H22N6/c1-4-14-11-10-19-9-7-16-13(19)12(17-11)15-6-8-18(3)5-2/h7,9-10,14H,4-6,8H2,1-3H3,(H,15,17). The number of hydrogen-bond donors (Lipinski definition) is 2. The summed E-state index contributed by atoms with van der Waals surface area (Å²) >= 11 is 0. The molecule has 0 bridgehead atoms. The normalized spacial score (nSPS) is 11.2. The van der Waals surface area contributed by atoms with Crippen LogP contribution in [0.2, 0.25) is 0 Å². The second-order valence-electron chi connectivity index (χ2n) is 4.49. The van der Waals surface area contributed by atoms with Crippen LogP contribution in [0.15, 0.2) is 18.6 Å². The number of likely N-dealkylation sites (N-methyl/N-ethyl adjacent to an activating group) is 1. The van der Waals surface area contributed by atoms with Crippen molar-refractivity contribution >= 4 is 17.3 Å². The number of imidazole rings is 1. The number of fused-ring (bicyclic) bond motifs is 1. The van der Waals surface area contributed by atoms with Gasteiger partial charge in [0.25, 0.3) is 0 Å². The molecule has 2 N–H and O–H groups in total. The topological polar surface area (TPSA) is 57.5 Å². The Balaban J connectivity index is 2.13. The molecular formula is C13H22N6. The Morgan fingerprint density at radius 2 is 2.16 bits per heavy atom. The molecule has 0 spiro atoms. The van der Waals surface area contributed by atoms with Crippen molar-refractivity contribution in [1.82, 2.24) is 19.3 Å². The van der Waals surface area contributed by atoms with Gasteiger partial charge in [-0.3, -0.25) is 0 Å². The average molecular weight is 262 g/mol. The highest BCUT2D eigenvalue weighted by Gasteiger charge is 2.06. The third kappa shape index (κ3) is 3.35. The van der Waals surface area contributed by atoms with Gasteiger partial charge in [0.15, 0.2) is 11.5 Å². The molecule has 2 aromatic heterocycles. The Bertz CT molecular complexity index is 521. The van der Waals surface area contributed by atoms with E-state index in [2.05, 4.69) is 46.4 Å². The lowest BCUT2D eigenvalue weighted by Gasteiger charge is -2.15. The molecule has 0 fully saturated rings. The Labute approximate surface area is 113 Å². The zero-order chi connectivity index (χ0) is 13.7. The summed E-state index contributed by atoms with van der Waals surface area (Å²) in [5, 5.41) is 6.59. The van der Waals surface area contributed by atoms with Crippen LogP contribution in [0.1, 0.15) is 13.8 Å². The van der Waals surface area contributed by atoms with Gasteiger partial charge in [-0.15, -0.1) is 0 Å². The second-order valence-corrected chi connectivity index (χ2v) is 4.49. The van der Waals surface area contributed by atoms with E-state index >= 15 is 0 Å². The largest absolute Gasteiger partial charge is 0.369 e. The first-order valence-corrected chi connectivity index (χ1v) is 6.74. The van der Waals surface area contributed by atoms with Gasteiger partial charge in [0.1, 0.15) is 5.82 Å². The summed E-state index contributed by atoms with van der Waals surface area (Å²) in [5.74, 6) is 1.69. The highest BCUT2D eigenvalue weighted by atomic mass is 15.2. The number of aromatic nitrogens is 3. The van der Waals surface area contributed by atoms with Crippen molar-refractivity contribution in [1.29, 1.82) is 0 Å². The van der Waals surface area contributed by atoms with Crippen molar-refractivity contribution in [2.45, 2.75) is 13.8 Å². The van der Waals surface area contributed by atoms with E-state index in [-0.39, 0.29) is 0 Å². The minimum Gasteiger partial charge on any atom is -0.369 e. The van der Waals surface area contributed by atoms with Gasteiger partial charge in [0.05, 0.1) is 6.20 Å².